The first-order valence-electron chi connectivity index (χ1n) is 8.46. The fraction of sp³-hybridized carbons (Fsp3) is 0.556. The van der Waals surface area contributed by atoms with Gasteiger partial charge in [0.25, 0.3) is 0 Å². The average Bonchev–Trinajstić information content (AvgIpc) is 2.53. The standard InChI is InChI=1S/C18H27F3N4O2.HI/c1-17(2,3)25-15(26)10-24-16(22-4)23-9-13-5-7-14(8-6-13)11-27-12-18(19,20)21;/h5-8H,9-12H2,1-4H3,(H,25,26)(H2,22,23,24);1H. The van der Waals surface area contributed by atoms with Crippen LogP contribution < -0.4 is 16.0 Å². The fourth-order valence-corrected chi connectivity index (χ4v) is 2.07. The first-order chi connectivity index (χ1) is 12.5. The van der Waals surface area contributed by atoms with Crippen molar-refractivity contribution >= 4 is 35.8 Å². The van der Waals surface area contributed by atoms with Gasteiger partial charge in [-0.05, 0) is 31.9 Å². The van der Waals surface area contributed by atoms with Gasteiger partial charge in [-0.25, -0.2) is 0 Å². The fourth-order valence-electron chi connectivity index (χ4n) is 2.07. The van der Waals surface area contributed by atoms with Crippen LogP contribution in [-0.4, -0.2) is 43.8 Å². The van der Waals surface area contributed by atoms with Crippen molar-refractivity contribution in [1.29, 1.82) is 0 Å². The predicted molar refractivity (Wildman–Crippen MR) is 114 cm³/mol. The largest absolute Gasteiger partial charge is 0.411 e. The zero-order chi connectivity index (χ0) is 20.5. The van der Waals surface area contributed by atoms with Crippen molar-refractivity contribution in [3.8, 4) is 0 Å². The van der Waals surface area contributed by atoms with E-state index in [4.69, 9.17) is 0 Å². The van der Waals surface area contributed by atoms with E-state index in [0.29, 0.717) is 18.1 Å². The van der Waals surface area contributed by atoms with Gasteiger partial charge in [-0.3, -0.25) is 9.79 Å². The summed E-state index contributed by atoms with van der Waals surface area (Å²) >= 11 is 0. The van der Waals surface area contributed by atoms with E-state index in [9.17, 15) is 18.0 Å². The molecule has 0 atom stereocenters. The van der Waals surface area contributed by atoms with Crippen LogP contribution in [0.4, 0.5) is 13.2 Å². The van der Waals surface area contributed by atoms with Crippen LogP contribution in [0.1, 0.15) is 31.9 Å². The second-order valence-corrected chi connectivity index (χ2v) is 7.00. The van der Waals surface area contributed by atoms with Crippen molar-refractivity contribution < 1.29 is 22.7 Å². The number of ether oxygens (including phenoxy) is 1. The van der Waals surface area contributed by atoms with Crippen LogP contribution in [0.3, 0.4) is 0 Å². The number of amides is 1. The summed E-state index contributed by atoms with van der Waals surface area (Å²) in [6.07, 6.45) is -4.32. The minimum atomic E-state index is -4.32. The summed E-state index contributed by atoms with van der Waals surface area (Å²) in [5.41, 5.74) is 1.27. The van der Waals surface area contributed by atoms with Crippen molar-refractivity contribution in [3.63, 3.8) is 0 Å². The zero-order valence-corrected chi connectivity index (χ0v) is 18.8. The first-order valence-corrected chi connectivity index (χ1v) is 8.46. The molecule has 1 aromatic carbocycles. The second-order valence-electron chi connectivity index (χ2n) is 7.00. The van der Waals surface area contributed by atoms with E-state index in [1.165, 1.54) is 0 Å². The Labute approximate surface area is 180 Å². The van der Waals surface area contributed by atoms with E-state index >= 15 is 0 Å². The van der Waals surface area contributed by atoms with Crippen LogP contribution in [0.15, 0.2) is 29.3 Å². The quantitative estimate of drug-likeness (QED) is 0.296. The van der Waals surface area contributed by atoms with Crippen molar-refractivity contribution in [3.05, 3.63) is 35.4 Å². The Hall–Kier alpha value is -1.56. The SMILES string of the molecule is CN=C(NCC(=O)NC(C)(C)C)NCc1ccc(COCC(F)(F)F)cc1.I. The lowest BCUT2D eigenvalue weighted by molar-refractivity contribution is -0.176. The van der Waals surface area contributed by atoms with E-state index < -0.39 is 12.8 Å². The highest BCUT2D eigenvalue weighted by Gasteiger charge is 2.27. The molecular formula is C18H28F3IN4O2. The van der Waals surface area contributed by atoms with Gasteiger partial charge in [0.15, 0.2) is 5.96 Å². The van der Waals surface area contributed by atoms with Gasteiger partial charge < -0.3 is 20.7 Å². The molecule has 1 rings (SSSR count). The number of carbonyl (C=O) groups is 1. The molecule has 0 aromatic heterocycles. The lowest BCUT2D eigenvalue weighted by Gasteiger charge is -2.21. The summed E-state index contributed by atoms with van der Waals surface area (Å²) in [6, 6.07) is 7.00. The molecule has 10 heteroatoms. The third kappa shape index (κ3) is 12.8. The van der Waals surface area contributed by atoms with Crippen LogP contribution in [0.2, 0.25) is 0 Å². The summed E-state index contributed by atoms with van der Waals surface area (Å²) in [4.78, 5) is 15.8. The number of nitrogens with one attached hydrogen (secondary N) is 3. The van der Waals surface area contributed by atoms with Crippen molar-refractivity contribution in [1.82, 2.24) is 16.0 Å². The van der Waals surface area contributed by atoms with Crippen LogP contribution in [0, 0.1) is 0 Å². The lowest BCUT2D eigenvalue weighted by Crippen LogP contribution is -2.48. The highest BCUT2D eigenvalue weighted by Crippen LogP contribution is 2.15. The highest BCUT2D eigenvalue weighted by atomic mass is 127. The number of rotatable bonds is 7. The number of hydrogen-bond acceptors (Lipinski definition) is 3. The molecule has 6 nitrogen and oxygen atoms in total. The van der Waals surface area contributed by atoms with Gasteiger partial charge in [0, 0.05) is 19.1 Å². The first kappa shape index (κ1) is 26.4. The maximum Gasteiger partial charge on any atom is 0.411 e. The highest BCUT2D eigenvalue weighted by molar-refractivity contribution is 14.0. The number of alkyl halides is 3. The summed E-state index contributed by atoms with van der Waals surface area (Å²) in [5, 5.41) is 8.82. The van der Waals surface area contributed by atoms with Crippen LogP contribution in [0.25, 0.3) is 0 Å². The number of benzene rings is 1. The van der Waals surface area contributed by atoms with Gasteiger partial charge >= 0.3 is 6.18 Å². The molecule has 0 heterocycles. The maximum absolute atomic E-state index is 12.1. The Balaban J connectivity index is 0.00000729. The van der Waals surface area contributed by atoms with Gasteiger partial charge in [0.2, 0.25) is 5.91 Å². The number of aliphatic imine (C=N–C) groups is 1. The molecule has 0 fully saturated rings. The number of nitrogens with zero attached hydrogens (tertiary/aromatic N) is 1. The molecule has 0 saturated carbocycles. The molecule has 0 spiro atoms. The maximum atomic E-state index is 12.1. The topological polar surface area (TPSA) is 74.8 Å². The molecule has 3 N–H and O–H groups in total. The van der Waals surface area contributed by atoms with Gasteiger partial charge in [0.1, 0.15) is 6.61 Å². The molecule has 0 aliphatic rings. The molecule has 0 saturated heterocycles. The van der Waals surface area contributed by atoms with E-state index in [2.05, 4.69) is 25.7 Å². The summed E-state index contributed by atoms with van der Waals surface area (Å²) < 4.78 is 40.8. The molecule has 0 aliphatic carbocycles. The normalized spacial score (nSPS) is 12.2. The second kappa shape index (κ2) is 12.1. The minimum Gasteiger partial charge on any atom is -0.367 e. The Bertz CT molecular complexity index is 629. The molecule has 0 unspecified atom stereocenters. The third-order valence-electron chi connectivity index (χ3n) is 3.17. The summed E-state index contributed by atoms with van der Waals surface area (Å²) in [6.45, 7) is 4.87. The predicted octanol–water partition coefficient (Wildman–Crippen LogP) is 2.96. The van der Waals surface area contributed by atoms with E-state index in [1.807, 2.05) is 20.8 Å². The lowest BCUT2D eigenvalue weighted by atomic mass is 10.1. The van der Waals surface area contributed by atoms with Crippen molar-refractivity contribution in [2.24, 2.45) is 4.99 Å². The van der Waals surface area contributed by atoms with E-state index in [0.717, 1.165) is 5.56 Å². The molecule has 160 valence electrons. The van der Waals surface area contributed by atoms with E-state index in [1.54, 1.807) is 31.3 Å². The van der Waals surface area contributed by atoms with Crippen LogP contribution in [-0.2, 0) is 22.7 Å². The number of guanidine groups is 1. The van der Waals surface area contributed by atoms with E-state index in [-0.39, 0.29) is 48.6 Å². The Morgan fingerprint density at radius 1 is 1.07 bits per heavy atom. The van der Waals surface area contributed by atoms with Crippen molar-refractivity contribution in [2.45, 2.75) is 45.6 Å². The average molecular weight is 516 g/mol. The third-order valence-corrected chi connectivity index (χ3v) is 3.17. The van der Waals surface area contributed by atoms with Gasteiger partial charge in [-0.1, -0.05) is 24.3 Å². The monoisotopic (exact) mass is 516 g/mol. The van der Waals surface area contributed by atoms with Gasteiger partial charge in [-0.2, -0.15) is 13.2 Å². The molecular weight excluding hydrogens is 488 g/mol. The van der Waals surface area contributed by atoms with Crippen LogP contribution in [0.5, 0.6) is 0 Å². The Kier molecular flexibility index (Phi) is 11.4. The molecule has 0 radical (unpaired) electrons. The minimum absolute atomic E-state index is 0. The Morgan fingerprint density at radius 3 is 2.14 bits per heavy atom. The summed E-state index contributed by atoms with van der Waals surface area (Å²) in [7, 11) is 1.60. The number of halogens is 4. The molecule has 1 aromatic rings. The number of hydrogen-bond donors (Lipinski definition) is 3. The molecule has 28 heavy (non-hydrogen) atoms. The Morgan fingerprint density at radius 2 is 1.64 bits per heavy atom. The summed E-state index contributed by atoms with van der Waals surface area (Å²) in [5.74, 6) is 0.324. The zero-order valence-electron chi connectivity index (χ0n) is 16.4. The molecule has 1 amide bonds. The number of carbonyl (C=O) groups excluding carboxylic acids is 1. The van der Waals surface area contributed by atoms with Crippen molar-refractivity contribution in [2.75, 3.05) is 20.2 Å². The van der Waals surface area contributed by atoms with Gasteiger partial charge in [-0.15, -0.1) is 24.0 Å². The smallest absolute Gasteiger partial charge is 0.367 e. The van der Waals surface area contributed by atoms with Gasteiger partial charge in [0.05, 0.1) is 13.2 Å². The molecule has 0 aliphatic heterocycles. The van der Waals surface area contributed by atoms with Crippen LogP contribution >= 0.6 is 24.0 Å². The molecule has 0 bridgehead atoms.